The lowest BCUT2D eigenvalue weighted by atomic mass is 9.83. The van der Waals surface area contributed by atoms with Crippen molar-refractivity contribution < 1.29 is 4.79 Å². The second kappa shape index (κ2) is 5.58. The molecule has 0 saturated heterocycles. The number of carbonyl (C=O) groups excluding carboxylic acids is 1. The molecule has 0 unspecified atom stereocenters. The van der Waals surface area contributed by atoms with Gasteiger partial charge in [0, 0.05) is 0 Å². The molecule has 0 aliphatic rings. The van der Waals surface area contributed by atoms with Crippen LogP contribution in [0, 0.1) is 11.3 Å². The standard InChI is InChI=1S/C17H16N2O/c1-17(2,14-9-4-3-5-10-14)16(20)19-15-11-7-6-8-13(15)12-18/h3-11H,1-2H3,(H,19,20). The van der Waals surface area contributed by atoms with E-state index in [0.29, 0.717) is 11.3 Å². The highest BCUT2D eigenvalue weighted by Crippen LogP contribution is 2.25. The van der Waals surface area contributed by atoms with Gasteiger partial charge in [0.05, 0.1) is 16.7 Å². The van der Waals surface area contributed by atoms with Gasteiger partial charge in [0.25, 0.3) is 0 Å². The Hall–Kier alpha value is -2.60. The molecule has 0 aromatic heterocycles. The van der Waals surface area contributed by atoms with Gasteiger partial charge in [-0.1, -0.05) is 42.5 Å². The van der Waals surface area contributed by atoms with E-state index in [1.807, 2.05) is 44.2 Å². The number of anilines is 1. The Kier molecular flexibility index (Phi) is 3.86. The predicted octanol–water partition coefficient (Wildman–Crippen LogP) is 3.47. The van der Waals surface area contributed by atoms with Crippen molar-refractivity contribution in [1.82, 2.24) is 0 Å². The first-order chi connectivity index (χ1) is 9.55. The highest BCUT2D eigenvalue weighted by molar-refractivity contribution is 5.99. The summed E-state index contributed by atoms with van der Waals surface area (Å²) in [6.07, 6.45) is 0. The van der Waals surface area contributed by atoms with Crippen molar-refractivity contribution in [3.05, 3.63) is 65.7 Å². The average molecular weight is 264 g/mol. The van der Waals surface area contributed by atoms with Crippen LogP contribution in [0.2, 0.25) is 0 Å². The summed E-state index contributed by atoms with van der Waals surface area (Å²) < 4.78 is 0. The Morgan fingerprint density at radius 3 is 2.30 bits per heavy atom. The number of rotatable bonds is 3. The summed E-state index contributed by atoms with van der Waals surface area (Å²) in [6, 6.07) is 18.7. The third-order valence-electron chi connectivity index (χ3n) is 3.36. The molecule has 0 aliphatic carbocycles. The fourth-order valence-corrected chi connectivity index (χ4v) is 1.95. The number of hydrogen-bond acceptors (Lipinski definition) is 2. The second-order valence-electron chi connectivity index (χ2n) is 5.10. The van der Waals surface area contributed by atoms with Gasteiger partial charge in [-0.25, -0.2) is 0 Å². The summed E-state index contributed by atoms with van der Waals surface area (Å²) in [5, 5.41) is 11.9. The molecule has 0 aliphatic heterocycles. The van der Waals surface area contributed by atoms with Gasteiger partial charge in [-0.2, -0.15) is 5.26 Å². The van der Waals surface area contributed by atoms with Crippen LogP contribution in [0.25, 0.3) is 0 Å². The van der Waals surface area contributed by atoms with E-state index in [-0.39, 0.29) is 5.91 Å². The molecular weight excluding hydrogens is 248 g/mol. The maximum atomic E-state index is 12.5. The quantitative estimate of drug-likeness (QED) is 0.922. The molecule has 0 saturated carbocycles. The van der Waals surface area contributed by atoms with Crippen molar-refractivity contribution in [1.29, 1.82) is 5.26 Å². The monoisotopic (exact) mass is 264 g/mol. The first-order valence-corrected chi connectivity index (χ1v) is 6.42. The molecule has 100 valence electrons. The van der Waals surface area contributed by atoms with Crippen LogP contribution >= 0.6 is 0 Å². The second-order valence-corrected chi connectivity index (χ2v) is 5.10. The molecule has 3 heteroatoms. The normalized spacial score (nSPS) is 10.7. The van der Waals surface area contributed by atoms with Gasteiger partial charge in [0.2, 0.25) is 5.91 Å². The molecule has 20 heavy (non-hydrogen) atoms. The SMILES string of the molecule is CC(C)(C(=O)Nc1ccccc1C#N)c1ccccc1. The van der Waals surface area contributed by atoms with E-state index in [2.05, 4.69) is 11.4 Å². The van der Waals surface area contributed by atoms with E-state index in [0.717, 1.165) is 5.56 Å². The number of amides is 1. The van der Waals surface area contributed by atoms with Crippen LogP contribution in [0.4, 0.5) is 5.69 Å². The van der Waals surface area contributed by atoms with Crippen molar-refractivity contribution >= 4 is 11.6 Å². The largest absolute Gasteiger partial charge is 0.324 e. The third-order valence-corrected chi connectivity index (χ3v) is 3.36. The summed E-state index contributed by atoms with van der Waals surface area (Å²) in [7, 11) is 0. The lowest BCUT2D eigenvalue weighted by Gasteiger charge is -2.24. The van der Waals surface area contributed by atoms with Crippen molar-refractivity contribution in [2.75, 3.05) is 5.32 Å². The van der Waals surface area contributed by atoms with Crippen molar-refractivity contribution in [2.45, 2.75) is 19.3 Å². The molecule has 1 amide bonds. The van der Waals surface area contributed by atoms with Gasteiger partial charge < -0.3 is 5.32 Å². The zero-order valence-corrected chi connectivity index (χ0v) is 11.6. The summed E-state index contributed by atoms with van der Waals surface area (Å²) in [4.78, 5) is 12.5. The summed E-state index contributed by atoms with van der Waals surface area (Å²) >= 11 is 0. The molecule has 2 rings (SSSR count). The molecule has 2 aromatic carbocycles. The number of nitrogens with zero attached hydrogens (tertiary/aromatic N) is 1. The minimum atomic E-state index is -0.663. The van der Waals surface area contributed by atoms with Crippen LogP contribution in [0.15, 0.2) is 54.6 Å². The maximum absolute atomic E-state index is 12.5. The fraction of sp³-hybridized carbons (Fsp3) is 0.176. The molecule has 0 fully saturated rings. The first kappa shape index (κ1) is 13.8. The Balaban J connectivity index is 2.26. The molecule has 0 radical (unpaired) electrons. The van der Waals surface area contributed by atoms with E-state index in [4.69, 9.17) is 5.26 Å². The molecule has 0 atom stereocenters. The van der Waals surface area contributed by atoms with Gasteiger partial charge in [0.1, 0.15) is 6.07 Å². The van der Waals surface area contributed by atoms with Gasteiger partial charge in [-0.3, -0.25) is 4.79 Å². The molecule has 3 nitrogen and oxygen atoms in total. The van der Waals surface area contributed by atoms with Crippen molar-refractivity contribution in [3.8, 4) is 6.07 Å². The van der Waals surface area contributed by atoms with E-state index in [1.165, 1.54) is 0 Å². The highest BCUT2D eigenvalue weighted by Gasteiger charge is 2.29. The van der Waals surface area contributed by atoms with Crippen LogP contribution in [-0.4, -0.2) is 5.91 Å². The van der Waals surface area contributed by atoms with Gasteiger partial charge in [0.15, 0.2) is 0 Å². The Labute approximate surface area is 118 Å². The summed E-state index contributed by atoms with van der Waals surface area (Å²) in [6.45, 7) is 3.74. The number of nitrogens with one attached hydrogen (secondary N) is 1. The predicted molar refractivity (Wildman–Crippen MR) is 79.3 cm³/mol. The van der Waals surface area contributed by atoms with Crippen LogP contribution in [0.5, 0.6) is 0 Å². The Morgan fingerprint density at radius 1 is 1.05 bits per heavy atom. The smallest absolute Gasteiger partial charge is 0.234 e. The van der Waals surface area contributed by atoms with Crippen LogP contribution in [-0.2, 0) is 10.2 Å². The lowest BCUT2D eigenvalue weighted by molar-refractivity contribution is -0.120. The van der Waals surface area contributed by atoms with Crippen LogP contribution in [0.3, 0.4) is 0 Å². The Morgan fingerprint density at radius 2 is 1.65 bits per heavy atom. The topological polar surface area (TPSA) is 52.9 Å². The van der Waals surface area contributed by atoms with E-state index < -0.39 is 5.41 Å². The van der Waals surface area contributed by atoms with Crippen molar-refractivity contribution in [2.24, 2.45) is 0 Å². The molecule has 0 heterocycles. The number of hydrogen-bond donors (Lipinski definition) is 1. The van der Waals surface area contributed by atoms with Crippen molar-refractivity contribution in [3.63, 3.8) is 0 Å². The Bertz CT molecular complexity index is 654. The molecular formula is C17H16N2O. The minimum Gasteiger partial charge on any atom is -0.324 e. The zero-order chi connectivity index (χ0) is 14.6. The first-order valence-electron chi connectivity index (χ1n) is 6.42. The van der Waals surface area contributed by atoms with Gasteiger partial charge >= 0.3 is 0 Å². The average Bonchev–Trinajstić information content (AvgIpc) is 2.48. The molecule has 2 aromatic rings. The molecule has 0 bridgehead atoms. The van der Waals surface area contributed by atoms with Crippen LogP contribution in [0.1, 0.15) is 25.0 Å². The zero-order valence-electron chi connectivity index (χ0n) is 11.6. The van der Waals surface area contributed by atoms with Gasteiger partial charge in [-0.15, -0.1) is 0 Å². The maximum Gasteiger partial charge on any atom is 0.234 e. The van der Waals surface area contributed by atoms with E-state index in [9.17, 15) is 4.79 Å². The molecule has 0 spiro atoms. The third kappa shape index (κ3) is 2.70. The number of carbonyl (C=O) groups is 1. The lowest BCUT2D eigenvalue weighted by Crippen LogP contribution is -2.34. The number of nitriles is 1. The summed E-state index contributed by atoms with van der Waals surface area (Å²) in [5.41, 5.74) is 1.28. The summed E-state index contributed by atoms with van der Waals surface area (Å²) in [5.74, 6) is -0.133. The molecule has 1 N–H and O–H groups in total. The highest BCUT2D eigenvalue weighted by atomic mass is 16.2. The minimum absolute atomic E-state index is 0.133. The number of para-hydroxylation sites is 1. The van der Waals surface area contributed by atoms with Crippen LogP contribution < -0.4 is 5.32 Å². The van der Waals surface area contributed by atoms with Gasteiger partial charge in [-0.05, 0) is 31.5 Å². The van der Waals surface area contributed by atoms with E-state index in [1.54, 1.807) is 24.3 Å². The number of benzene rings is 2. The van der Waals surface area contributed by atoms with E-state index >= 15 is 0 Å². The fourth-order valence-electron chi connectivity index (χ4n) is 1.95.